The van der Waals surface area contributed by atoms with Crippen LogP contribution in [0.1, 0.15) is 6.42 Å². The molecule has 0 unspecified atom stereocenters. The molecule has 1 aromatic carbocycles. The molecule has 120 valence electrons. The smallest absolute Gasteiger partial charge is 0.240 e. The third-order valence-electron chi connectivity index (χ3n) is 2.70. The maximum absolute atomic E-state index is 12.1. The minimum atomic E-state index is -3.74. The van der Waals surface area contributed by atoms with Gasteiger partial charge >= 0.3 is 0 Å². The van der Waals surface area contributed by atoms with Crippen molar-refractivity contribution >= 4 is 15.9 Å². The first-order chi connectivity index (χ1) is 10.4. The fraction of sp³-hybridized carbons (Fsp3) is 0.357. The highest BCUT2D eigenvalue weighted by atomic mass is 32.2. The maximum Gasteiger partial charge on any atom is 0.240 e. The first-order valence-electron chi connectivity index (χ1n) is 6.36. The van der Waals surface area contributed by atoms with E-state index in [-0.39, 0.29) is 30.3 Å². The van der Waals surface area contributed by atoms with Gasteiger partial charge in [0.2, 0.25) is 15.9 Å². The molecule has 22 heavy (non-hydrogen) atoms. The van der Waals surface area contributed by atoms with E-state index >= 15 is 0 Å². The molecule has 0 atom stereocenters. The number of hydrogen-bond acceptors (Lipinski definition) is 5. The second kappa shape index (κ2) is 8.26. The lowest BCUT2D eigenvalue weighted by Crippen LogP contribution is -2.30. The molecular weight excluding hydrogens is 308 g/mol. The number of methoxy groups -OCH3 is 2. The molecule has 7 nitrogen and oxygen atoms in total. The standard InChI is InChI=1S/C14H18N2O5S/c1-4-8-15-14(17)7-9-16-22(18,19)11-5-6-12(20-2)13(10-11)21-3/h1,5-6,10,16H,7-9H2,2-3H3,(H,15,17). The Morgan fingerprint density at radius 1 is 1.27 bits per heavy atom. The van der Waals surface area contributed by atoms with E-state index in [9.17, 15) is 13.2 Å². The SMILES string of the molecule is C#CCNC(=O)CCNS(=O)(=O)c1ccc(OC)c(OC)c1. The van der Waals surface area contributed by atoms with Gasteiger partial charge in [-0.05, 0) is 12.1 Å². The van der Waals surface area contributed by atoms with Crippen LogP contribution in [-0.2, 0) is 14.8 Å². The van der Waals surface area contributed by atoms with Crippen molar-refractivity contribution in [1.82, 2.24) is 10.0 Å². The van der Waals surface area contributed by atoms with E-state index in [1.165, 1.54) is 32.4 Å². The Morgan fingerprint density at radius 2 is 1.95 bits per heavy atom. The van der Waals surface area contributed by atoms with Gasteiger partial charge in [0.15, 0.2) is 11.5 Å². The summed E-state index contributed by atoms with van der Waals surface area (Å²) in [5.74, 6) is 2.66. The molecule has 0 heterocycles. The van der Waals surface area contributed by atoms with Crippen LogP contribution >= 0.6 is 0 Å². The van der Waals surface area contributed by atoms with Gasteiger partial charge in [-0.25, -0.2) is 13.1 Å². The number of amides is 1. The van der Waals surface area contributed by atoms with Crippen LogP contribution in [-0.4, -0.2) is 41.6 Å². The molecule has 0 aliphatic rings. The van der Waals surface area contributed by atoms with Gasteiger partial charge in [-0.1, -0.05) is 5.92 Å². The predicted octanol–water partition coefficient (Wildman–Crippen LogP) is 0.122. The molecule has 0 fully saturated rings. The second-order valence-electron chi connectivity index (χ2n) is 4.15. The summed E-state index contributed by atoms with van der Waals surface area (Å²) in [7, 11) is -0.868. The molecule has 0 bridgehead atoms. The van der Waals surface area contributed by atoms with Crippen molar-refractivity contribution in [2.45, 2.75) is 11.3 Å². The number of terminal acetylenes is 1. The summed E-state index contributed by atoms with van der Waals surface area (Å²) >= 11 is 0. The topological polar surface area (TPSA) is 93.7 Å². The van der Waals surface area contributed by atoms with Crippen LogP contribution in [0.4, 0.5) is 0 Å². The minimum Gasteiger partial charge on any atom is -0.493 e. The number of rotatable bonds is 8. The highest BCUT2D eigenvalue weighted by molar-refractivity contribution is 7.89. The van der Waals surface area contributed by atoms with Gasteiger partial charge in [0, 0.05) is 19.0 Å². The molecule has 0 saturated heterocycles. The van der Waals surface area contributed by atoms with Crippen molar-refractivity contribution in [3.63, 3.8) is 0 Å². The van der Waals surface area contributed by atoms with E-state index in [0.29, 0.717) is 11.5 Å². The highest BCUT2D eigenvalue weighted by Crippen LogP contribution is 2.29. The normalized spacial score (nSPS) is 10.6. The number of carbonyl (C=O) groups is 1. The van der Waals surface area contributed by atoms with Gasteiger partial charge in [0.1, 0.15) is 0 Å². The molecule has 8 heteroatoms. The molecular formula is C14H18N2O5S. The van der Waals surface area contributed by atoms with Gasteiger partial charge in [-0.15, -0.1) is 6.42 Å². The van der Waals surface area contributed by atoms with Crippen LogP contribution in [0.25, 0.3) is 0 Å². The van der Waals surface area contributed by atoms with Gasteiger partial charge in [0.05, 0.1) is 25.7 Å². The average molecular weight is 326 g/mol. The summed E-state index contributed by atoms with van der Waals surface area (Å²) in [6, 6.07) is 4.23. The molecule has 0 saturated carbocycles. The lowest BCUT2D eigenvalue weighted by Gasteiger charge is -2.11. The number of ether oxygens (including phenoxy) is 2. The van der Waals surface area contributed by atoms with Crippen LogP contribution in [0.15, 0.2) is 23.1 Å². The summed E-state index contributed by atoms with van der Waals surface area (Å²) in [6.07, 6.45) is 5.00. The van der Waals surface area contributed by atoms with Crippen molar-refractivity contribution in [3.05, 3.63) is 18.2 Å². The molecule has 0 aliphatic carbocycles. The average Bonchev–Trinajstić information content (AvgIpc) is 2.51. The van der Waals surface area contributed by atoms with Crippen LogP contribution in [0.3, 0.4) is 0 Å². The zero-order valence-electron chi connectivity index (χ0n) is 12.4. The summed E-state index contributed by atoms with van der Waals surface area (Å²) in [4.78, 5) is 11.4. The third-order valence-corrected chi connectivity index (χ3v) is 4.16. The van der Waals surface area contributed by atoms with E-state index in [1.54, 1.807) is 0 Å². The Labute approximate surface area is 130 Å². The molecule has 2 N–H and O–H groups in total. The molecule has 0 aromatic heterocycles. The highest BCUT2D eigenvalue weighted by Gasteiger charge is 2.17. The van der Waals surface area contributed by atoms with Crippen molar-refractivity contribution in [2.24, 2.45) is 0 Å². The molecule has 1 rings (SSSR count). The van der Waals surface area contributed by atoms with Crippen LogP contribution < -0.4 is 19.5 Å². The number of nitrogens with one attached hydrogen (secondary N) is 2. The fourth-order valence-electron chi connectivity index (χ4n) is 1.60. The summed E-state index contributed by atoms with van der Waals surface area (Å²) in [5, 5.41) is 2.45. The van der Waals surface area contributed by atoms with Crippen LogP contribution in [0.5, 0.6) is 11.5 Å². The monoisotopic (exact) mass is 326 g/mol. The quantitative estimate of drug-likeness (QED) is 0.662. The summed E-state index contributed by atoms with van der Waals surface area (Å²) < 4.78 is 36.7. The molecule has 0 spiro atoms. The fourth-order valence-corrected chi connectivity index (χ4v) is 2.65. The lowest BCUT2D eigenvalue weighted by atomic mass is 10.3. The van der Waals surface area contributed by atoms with Crippen molar-refractivity contribution in [1.29, 1.82) is 0 Å². The molecule has 0 radical (unpaired) electrons. The van der Waals surface area contributed by atoms with E-state index in [4.69, 9.17) is 15.9 Å². The third kappa shape index (κ3) is 4.95. The first kappa shape index (κ1) is 17.8. The van der Waals surface area contributed by atoms with Crippen LogP contribution in [0.2, 0.25) is 0 Å². The molecule has 0 aliphatic heterocycles. The Balaban J connectivity index is 2.71. The minimum absolute atomic E-state index is 0.00575. The second-order valence-corrected chi connectivity index (χ2v) is 5.91. The molecule has 1 amide bonds. The number of benzene rings is 1. The Morgan fingerprint density at radius 3 is 2.55 bits per heavy atom. The first-order valence-corrected chi connectivity index (χ1v) is 7.84. The van der Waals surface area contributed by atoms with Crippen molar-refractivity contribution < 1.29 is 22.7 Å². The van der Waals surface area contributed by atoms with Gasteiger partial charge in [-0.2, -0.15) is 0 Å². The Hall–Kier alpha value is -2.24. The van der Waals surface area contributed by atoms with Crippen molar-refractivity contribution in [3.8, 4) is 23.8 Å². The largest absolute Gasteiger partial charge is 0.493 e. The van der Waals surface area contributed by atoms with Crippen LogP contribution in [0, 0.1) is 12.3 Å². The Kier molecular flexibility index (Phi) is 6.69. The predicted molar refractivity (Wildman–Crippen MR) is 81.2 cm³/mol. The van der Waals surface area contributed by atoms with Crippen molar-refractivity contribution in [2.75, 3.05) is 27.3 Å². The number of hydrogen-bond donors (Lipinski definition) is 2. The summed E-state index contributed by atoms with van der Waals surface area (Å²) in [6.45, 7) is 0.0777. The zero-order chi connectivity index (χ0) is 16.6. The van der Waals surface area contributed by atoms with E-state index in [2.05, 4.69) is 16.0 Å². The van der Waals surface area contributed by atoms with Gasteiger partial charge < -0.3 is 14.8 Å². The Bertz CT molecular complexity index is 664. The van der Waals surface area contributed by atoms with E-state index < -0.39 is 10.0 Å². The summed E-state index contributed by atoms with van der Waals surface area (Å²) in [5.41, 5.74) is 0. The zero-order valence-corrected chi connectivity index (χ0v) is 13.2. The number of carbonyl (C=O) groups excluding carboxylic acids is 1. The van der Waals surface area contributed by atoms with E-state index in [1.807, 2.05) is 0 Å². The molecule has 1 aromatic rings. The van der Waals surface area contributed by atoms with Gasteiger partial charge in [-0.3, -0.25) is 4.79 Å². The number of sulfonamides is 1. The van der Waals surface area contributed by atoms with Gasteiger partial charge in [0.25, 0.3) is 0 Å². The lowest BCUT2D eigenvalue weighted by molar-refractivity contribution is -0.120. The maximum atomic E-state index is 12.1. The van der Waals surface area contributed by atoms with E-state index in [0.717, 1.165) is 0 Å².